The van der Waals surface area contributed by atoms with E-state index in [9.17, 15) is 29.1 Å². The number of carbonyl (C=O) groups is 2. The largest absolute Gasteiger partial charge is 0.356 e. The Morgan fingerprint density at radius 3 is 1.27 bits per heavy atom. The van der Waals surface area contributed by atoms with Crippen molar-refractivity contribution in [3.8, 4) is 0 Å². The van der Waals surface area contributed by atoms with Crippen molar-refractivity contribution in [2.45, 2.75) is 64.5 Å². The quantitative estimate of drug-likeness (QED) is 0.105. The van der Waals surface area contributed by atoms with E-state index in [0.717, 1.165) is 13.7 Å². The van der Waals surface area contributed by atoms with Crippen LogP contribution in [0.4, 0.5) is 9.59 Å². The molecule has 1 saturated heterocycles. The summed E-state index contributed by atoms with van der Waals surface area (Å²) in [4.78, 5) is 68.3. The Bertz CT molecular complexity index is 1090. The molecule has 1 N–H and O–H groups in total. The summed E-state index contributed by atoms with van der Waals surface area (Å²) in [5, 5.41) is 10.6. The molecule has 0 aliphatic carbocycles. The summed E-state index contributed by atoms with van der Waals surface area (Å²) in [7, 11) is 0. The molecule has 1 aliphatic heterocycles. The molecule has 0 radical (unpaired) electrons. The molecular weight excluding hydrogens is 629 g/mol. The molecule has 17 heteroatoms. The van der Waals surface area contributed by atoms with Crippen LogP contribution in [0.3, 0.4) is 0 Å². The summed E-state index contributed by atoms with van der Waals surface area (Å²) in [6.07, 6.45) is 1.99. The van der Waals surface area contributed by atoms with Crippen molar-refractivity contribution >= 4 is 74.3 Å². The Labute approximate surface area is 266 Å². The SMILES string of the molecule is O=C1N(CCCSCCCn2c(=O)n(CCCS)c(=O)n(CCCS)c2=O)C(=O)N(CCCS)C(O)N1CCCS. The maximum atomic E-state index is 13.0. The highest BCUT2D eigenvalue weighted by Gasteiger charge is 2.42. The number of nitrogens with zero attached hydrogens (tertiary/aromatic N) is 6. The number of urea groups is 2. The Morgan fingerprint density at radius 1 is 0.537 bits per heavy atom. The van der Waals surface area contributed by atoms with Crippen LogP contribution in [0.1, 0.15) is 38.5 Å². The second-order valence-corrected chi connectivity index (χ2v) is 12.4. The fourth-order valence-electron chi connectivity index (χ4n) is 4.32. The maximum absolute atomic E-state index is 13.0. The number of thioether (sulfide) groups is 1. The maximum Gasteiger partial charge on any atom is 0.336 e. The van der Waals surface area contributed by atoms with Crippen molar-refractivity contribution in [3.63, 3.8) is 0 Å². The molecule has 0 unspecified atom stereocenters. The number of carbonyl (C=O) groups excluding carboxylic acids is 2. The highest BCUT2D eigenvalue weighted by atomic mass is 32.2. The first kappa shape index (κ1) is 36.1. The number of thiol groups is 4. The van der Waals surface area contributed by atoms with Gasteiger partial charge in [0.1, 0.15) is 0 Å². The van der Waals surface area contributed by atoms with Gasteiger partial charge >= 0.3 is 29.1 Å². The zero-order chi connectivity index (χ0) is 30.4. The highest BCUT2D eigenvalue weighted by molar-refractivity contribution is 7.99. The lowest BCUT2D eigenvalue weighted by Gasteiger charge is -2.44. The third kappa shape index (κ3) is 9.95. The smallest absolute Gasteiger partial charge is 0.336 e. The summed E-state index contributed by atoms with van der Waals surface area (Å²) in [5.74, 6) is 3.40. The molecule has 41 heavy (non-hydrogen) atoms. The van der Waals surface area contributed by atoms with Gasteiger partial charge in [-0.2, -0.15) is 62.3 Å². The Hall–Kier alpha value is -1.14. The van der Waals surface area contributed by atoms with Crippen molar-refractivity contribution in [2.24, 2.45) is 0 Å². The molecule has 1 aromatic rings. The molecular formula is C24H42N6O6S5. The van der Waals surface area contributed by atoms with E-state index in [1.807, 2.05) is 0 Å². The minimum absolute atomic E-state index is 0.174. The molecule has 0 atom stereocenters. The summed E-state index contributed by atoms with van der Waals surface area (Å²) >= 11 is 18.3. The lowest BCUT2D eigenvalue weighted by atomic mass is 10.3. The standard InChI is InChI=1S/C24H42N6O6S5/c31-19-25(7-1-13-37)21(33)29(22(34)26(19)8-2-14-38)11-5-17-41-18-6-12-30-23(35)27(9-3-15-39)20(32)28(24(30)36)10-4-16-40/h19,31,37-40H,1-18H2. The second-order valence-electron chi connectivity index (χ2n) is 9.38. The zero-order valence-electron chi connectivity index (χ0n) is 23.2. The van der Waals surface area contributed by atoms with E-state index in [2.05, 4.69) is 50.5 Å². The molecule has 2 rings (SSSR count). The molecule has 4 amide bonds. The predicted molar refractivity (Wildman–Crippen MR) is 177 cm³/mol. The minimum atomic E-state index is -1.31. The predicted octanol–water partition coefficient (Wildman–Crippen LogP) is 1.40. The van der Waals surface area contributed by atoms with Crippen molar-refractivity contribution in [1.82, 2.24) is 28.4 Å². The normalized spacial score (nSPS) is 14.5. The van der Waals surface area contributed by atoms with E-state index in [1.165, 1.54) is 14.7 Å². The van der Waals surface area contributed by atoms with Crippen molar-refractivity contribution < 1.29 is 14.7 Å². The summed E-state index contributed by atoms with van der Waals surface area (Å²) in [5.41, 5.74) is -1.82. The number of aliphatic hydroxyl groups excluding tert-OH is 1. The van der Waals surface area contributed by atoms with Crippen LogP contribution in [-0.2, 0) is 19.6 Å². The lowest BCUT2D eigenvalue weighted by Crippen LogP contribution is -2.66. The molecule has 0 bridgehead atoms. The Morgan fingerprint density at radius 2 is 0.878 bits per heavy atom. The van der Waals surface area contributed by atoms with Gasteiger partial charge in [0.2, 0.25) is 6.35 Å². The van der Waals surface area contributed by atoms with Gasteiger partial charge in [-0.1, -0.05) is 0 Å². The zero-order valence-corrected chi connectivity index (χ0v) is 27.6. The third-order valence-electron chi connectivity index (χ3n) is 6.43. The van der Waals surface area contributed by atoms with Crippen molar-refractivity contribution in [1.29, 1.82) is 0 Å². The van der Waals surface area contributed by atoms with E-state index in [1.54, 1.807) is 11.8 Å². The van der Waals surface area contributed by atoms with Crippen molar-refractivity contribution in [3.05, 3.63) is 31.5 Å². The Kier molecular flexibility index (Phi) is 16.9. The van der Waals surface area contributed by atoms with Gasteiger partial charge in [0.05, 0.1) is 0 Å². The van der Waals surface area contributed by atoms with Gasteiger partial charge in [0.25, 0.3) is 0 Å². The van der Waals surface area contributed by atoms with Crippen LogP contribution in [-0.4, -0.2) is 106 Å². The molecule has 1 aliphatic rings. The third-order valence-corrected chi connectivity index (χ3v) is 8.85. The first-order chi connectivity index (χ1) is 19.7. The van der Waals surface area contributed by atoms with Gasteiger partial charge in [0, 0.05) is 39.3 Å². The number of aromatic nitrogens is 3. The molecule has 1 fully saturated rings. The molecule has 1 aromatic heterocycles. The van der Waals surface area contributed by atoms with E-state index in [0.29, 0.717) is 73.0 Å². The van der Waals surface area contributed by atoms with Gasteiger partial charge in [0.15, 0.2) is 0 Å². The second kappa shape index (κ2) is 19.2. The first-order valence-electron chi connectivity index (χ1n) is 13.8. The number of aliphatic hydroxyl groups is 1. The molecule has 0 saturated carbocycles. The fourth-order valence-corrected chi connectivity index (χ4v) is 5.76. The highest BCUT2D eigenvalue weighted by Crippen LogP contribution is 2.20. The van der Waals surface area contributed by atoms with Crippen LogP contribution in [0.5, 0.6) is 0 Å². The number of hydrogen-bond acceptors (Lipinski definition) is 11. The Balaban J connectivity index is 1.96. The minimum Gasteiger partial charge on any atom is -0.356 e. The monoisotopic (exact) mass is 670 g/mol. The van der Waals surface area contributed by atoms with Gasteiger partial charge in [-0.25, -0.2) is 42.6 Å². The first-order valence-corrected chi connectivity index (χ1v) is 17.5. The number of hydrogen-bond donors (Lipinski definition) is 5. The molecule has 12 nitrogen and oxygen atoms in total. The van der Waals surface area contributed by atoms with Crippen LogP contribution in [0, 0.1) is 0 Å². The molecule has 0 aromatic carbocycles. The van der Waals surface area contributed by atoms with Crippen LogP contribution in [0.15, 0.2) is 14.4 Å². The number of rotatable bonds is 20. The van der Waals surface area contributed by atoms with Crippen molar-refractivity contribution in [2.75, 3.05) is 54.2 Å². The van der Waals surface area contributed by atoms with E-state index in [-0.39, 0.29) is 39.3 Å². The lowest BCUT2D eigenvalue weighted by molar-refractivity contribution is -0.0924. The van der Waals surface area contributed by atoms with Gasteiger partial charge < -0.3 is 5.11 Å². The van der Waals surface area contributed by atoms with E-state index >= 15 is 0 Å². The van der Waals surface area contributed by atoms with Gasteiger partial charge in [-0.05, 0) is 73.0 Å². The van der Waals surface area contributed by atoms with Crippen LogP contribution >= 0.6 is 62.3 Å². The van der Waals surface area contributed by atoms with Crippen LogP contribution < -0.4 is 17.1 Å². The van der Waals surface area contributed by atoms with E-state index < -0.39 is 35.5 Å². The molecule has 0 spiro atoms. The number of amides is 4. The summed E-state index contributed by atoms with van der Waals surface area (Å²) < 4.78 is 3.33. The summed E-state index contributed by atoms with van der Waals surface area (Å²) in [6.45, 7) is 1.35. The average molecular weight is 671 g/mol. The van der Waals surface area contributed by atoms with Crippen LogP contribution in [0.25, 0.3) is 0 Å². The number of imide groups is 1. The van der Waals surface area contributed by atoms with Gasteiger partial charge in [-0.3, -0.25) is 9.80 Å². The van der Waals surface area contributed by atoms with Crippen LogP contribution in [0.2, 0.25) is 0 Å². The fraction of sp³-hybridized carbons (Fsp3) is 0.792. The molecule has 234 valence electrons. The topological polar surface area (TPSA) is 130 Å². The van der Waals surface area contributed by atoms with Gasteiger partial charge in [-0.15, -0.1) is 0 Å². The van der Waals surface area contributed by atoms with E-state index in [4.69, 9.17) is 0 Å². The molecule has 2 heterocycles. The summed E-state index contributed by atoms with van der Waals surface area (Å²) in [6, 6.07) is -1.03. The average Bonchev–Trinajstić information content (AvgIpc) is 2.95.